The second kappa shape index (κ2) is 3.69. The number of allylic oxidation sites excluding steroid dienone is 2. The summed E-state index contributed by atoms with van der Waals surface area (Å²) in [5.74, 6) is 0.502. The molecule has 0 aromatic carbocycles. The van der Waals surface area contributed by atoms with Crippen molar-refractivity contribution in [2.24, 2.45) is 0 Å². The van der Waals surface area contributed by atoms with Crippen molar-refractivity contribution in [1.82, 2.24) is 19.7 Å². The summed E-state index contributed by atoms with van der Waals surface area (Å²) in [7, 11) is 0. The van der Waals surface area contributed by atoms with E-state index in [4.69, 9.17) is 5.73 Å². The molecule has 1 aliphatic carbocycles. The van der Waals surface area contributed by atoms with Gasteiger partial charge in [-0.2, -0.15) is 5.10 Å². The van der Waals surface area contributed by atoms with Gasteiger partial charge in [0, 0.05) is 0 Å². The molecule has 6 heteroatoms. The van der Waals surface area contributed by atoms with E-state index < -0.39 is 0 Å². The minimum absolute atomic E-state index is 0.306. The average molecular weight is 327 g/mol. The van der Waals surface area contributed by atoms with Gasteiger partial charge in [0.1, 0.15) is 15.8 Å². The third kappa shape index (κ3) is 1.40. The molecule has 1 atom stereocenters. The van der Waals surface area contributed by atoms with E-state index in [2.05, 4.69) is 49.8 Å². The monoisotopic (exact) mass is 327 g/mol. The zero-order valence-electron chi connectivity index (χ0n) is 8.47. The van der Waals surface area contributed by atoms with Crippen molar-refractivity contribution in [3.05, 3.63) is 22.2 Å². The van der Waals surface area contributed by atoms with Crippen molar-refractivity contribution >= 4 is 39.4 Å². The lowest BCUT2D eigenvalue weighted by molar-refractivity contribution is 0.539. The number of anilines is 1. The quantitative estimate of drug-likeness (QED) is 0.642. The third-order valence-corrected chi connectivity index (χ3v) is 3.53. The van der Waals surface area contributed by atoms with E-state index in [0.29, 0.717) is 11.9 Å². The standard InChI is InChI=1S/C10H10IN5/c11-8-7-9(12)13-5-14-10(7)16(15-8)6-3-1-2-4-6/h1,3,5-6H,2,4H2,(H2,12,13,14). The predicted molar refractivity (Wildman–Crippen MR) is 69.9 cm³/mol. The molecule has 3 rings (SSSR count). The fraction of sp³-hybridized carbons (Fsp3) is 0.300. The molecule has 0 aliphatic heterocycles. The lowest BCUT2D eigenvalue weighted by atomic mass is 10.2. The summed E-state index contributed by atoms with van der Waals surface area (Å²) in [5.41, 5.74) is 6.67. The maximum atomic E-state index is 5.84. The normalized spacial score (nSPS) is 19.7. The molecule has 82 valence electrons. The van der Waals surface area contributed by atoms with E-state index in [1.807, 2.05) is 4.68 Å². The Labute approximate surface area is 106 Å². The number of hydrogen-bond donors (Lipinski definition) is 1. The zero-order valence-corrected chi connectivity index (χ0v) is 10.6. The highest BCUT2D eigenvalue weighted by Gasteiger charge is 2.19. The lowest BCUT2D eigenvalue weighted by Gasteiger charge is -2.08. The fourth-order valence-corrected chi connectivity index (χ4v) is 2.75. The van der Waals surface area contributed by atoms with Gasteiger partial charge in [0.2, 0.25) is 0 Å². The number of nitrogens with two attached hydrogens (primary N) is 1. The molecule has 2 N–H and O–H groups in total. The SMILES string of the molecule is Nc1ncnc2c1c(I)nn2C1C=CCC1. The first kappa shape index (κ1) is 10.0. The van der Waals surface area contributed by atoms with Gasteiger partial charge in [-0.1, -0.05) is 12.2 Å². The highest BCUT2D eigenvalue weighted by molar-refractivity contribution is 14.1. The van der Waals surface area contributed by atoms with Crippen LogP contribution in [0.5, 0.6) is 0 Å². The number of fused-ring (bicyclic) bond motifs is 1. The summed E-state index contributed by atoms with van der Waals surface area (Å²) in [5, 5.41) is 5.37. The van der Waals surface area contributed by atoms with Crippen molar-refractivity contribution in [2.45, 2.75) is 18.9 Å². The summed E-state index contributed by atoms with van der Waals surface area (Å²) >= 11 is 2.17. The van der Waals surface area contributed by atoms with Gasteiger partial charge in [0.05, 0.1) is 11.4 Å². The van der Waals surface area contributed by atoms with E-state index in [1.54, 1.807) is 0 Å². The minimum Gasteiger partial charge on any atom is -0.383 e. The number of nitrogen functional groups attached to an aromatic ring is 1. The first-order valence-corrected chi connectivity index (χ1v) is 6.16. The summed E-state index contributed by atoms with van der Waals surface area (Å²) in [6, 6.07) is 0.306. The first-order chi connectivity index (χ1) is 7.77. The Balaban J connectivity index is 2.26. The van der Waals surface area contributed by atoms with Crippen molar-refractivity contribution in [3.63, 3.8) is 0 Å². The van der Waals surface area contributed by atoms with E-state index in [1.165, 1.54) is 6.33 Å². The number of hydrogen-bond acceptors (Lipinski definition) is 4. The molecule has 0 bridgehead atoms. The van der Waals surface area contributed by atoms with Crippen LogP contribution in [0.4, 0.5) is 5.82 Å². The molecule has 0 amide bonds. The summed E-state index contributed by atoms with van der Waals surface area (Å²) < 4.78 is 2.81. The topological polar surface area (TPSA) is 69.6 Å². The van der Waals surface area contributed by atoms with Crippen LogP contribution >= 0.6 is 22.6 Å². The average Bonchev–Trinajstić information content (AvgIpc) is 2.86. The van der Waals surface area contributed by atoms with E-state index in [0.717, 1.165) is 27.6 Å². The highest BCUT2D eigenvalue weighted by Crippen LogP contribution is 2.29. The van der Waals surface area contributed by atoms with Crippen molar-refractivity contribution < 1.29 is 0 Å². The van der Waals surface area contributed by atoms with Gasteiger partial charge in [0.15, 0.2) is 5.65 Å². The van der Waals surface area contributed by atoms with Gasteiger partial charge in [-0.15, -0.1) is 0 Å². The van der Waals surface area contributed by atoms with Crippen LogP contribution in [0, 0.1) is 3.70 Å². The van der Waals surface area contributed by atoms with Crippen LogP contribution in [-0.2, 0) is 0 Å². The van der Waals surface area contributed by atoms with Gasteiger partial charge in [-0.25, -0.2) is 14.6 Å². The molecule has 0 fully saturated rings. The van der Waals surface area contributed by atoms with Crippen LogP contribution in [0.1, 0.15) is 18.9 Å². The molecule has 1 unspecified atom stereocenters. The number of nitrogens with zero attached hydrogens (tertiary/aromatic N) is 4. The number of aromatic nitrogens is 4. The van der Waals surface area contributed by atoms with Crippen LogP contribution in [0.15, 0.2) is 18.5 Å². The van der Waals surface area contributed by atoms with Crippen molar-refractivity contribution in [1.29, 1.82) is 0 Å². The fourth-order valence-electron chi connectivity index (χ4n) is 2.00. The van der Waals surface area contributed by atoms with E-state index in [-0.39, 0.29) is 0 Å². The van der Waals surface area contributed by atoms with Crippen LogP contribution in [0.25, 0.3) is 11.0 Å². The highest BCUT2D eigenvalue weighted by atomic mass is 127. The molecule has 16 heavy (non-hydrogen) atoms. The molecular weight excluding hydrogens is 317 g/mol. The van der Waals surface area contributed by atoms with Crippen LogP contribution in [0.2, 0.25) is 0 Å². The van der Waals surface area contributed by atoms with Gasteiger partial charge in [0.25, 0.3) is 0 Å². The van der Waals surface area contributed by atoms with Crippen molar-refractivity contribution in [3.8, 4) is 0 Å². The molecule has 0 saturated carbocycles. The second-order valence-electron chi connectivity index (χ2n) is 3.77. The molecule has 2 aromatic heterocycles. The van der Waals surface area contributed by atoms with E-state index in [9.17, 15) is 0 Å². The van der Waals surface area contributed by atoms with Crippen LogP contribution in [-0.4, -0.2) is 19.7 Å². The van der Waals surface area contributed by atoms with Gasteiger partial charge < -0.3 is 5.73 Å². The Kier molecular flexibility index (Phi) is 2.31. The molecule has 5 nitrogen and oxygen atoms in total. The Hall–Kier alpha value is -1.18. The Morgan fingerprint density at radius 1 is 1.44 bits per heavy atom. The largest absolute Gasteiger partial charge is 0.383 e. The first-order valence-electron chi connectivity index (χ1n) is 5.08. The maximum Gasteiger partial charge on any atom is 0.165 e. The van der Waals surface area contributed by atoms with Gasteiger partial charge in [-0.05, 0) is 35.4 Å². The predicted octanol–water partition coefficient (Wildman–Crippen LogP) is 1.90. The third-order valence-electron chi connectivity index (χ3n) is 2.78. The van der Waals surface area contributed by atoms with Gasteiger partial charge >= 0.3 is 0 Å². The smallest absolute Gasteiger partial charge is 0.165 e. The molecule has 0 radical (unpaired) electrons. The molecule has 2 heterocycles. The number of halogens is 1. The Morgan fingerprint density at radius 3 is 3.06 bits per heavy atom. The van der Waals surface area contributed by atoms with Crippen LogP contribution in [0.3, 0.4) is 0 Å². The zero-order chi connectivity index (χ0) is 11.1. The minimum atomic E-state index is 0.306. The van der Waals surface area contributed by atoms with E-state index >= 15 is 0 Å². The molecular formula is C10H10IN5. The van der Waals surface area contributed by atoms with Crippen LogP contribution < -0.4 is 5.73 Å². The Bertz CT molecular complexity index is 574. The summed E-state index contributed by atoms with van der Waals surface area (Å²) in [6.07, 6.45) is 8.01. The number of rotatable bonds is 1. The molecule has 1 aliphatic rings. The maximum absolute atomic E-state index is 5.84. The second-order valence-corrected chi connectivity index (χ2v) is 4.79. The molecule has 0 spiro atoms. The Morgan fingerprint density at radius 2 is 2.31 bits per heavy atom. The summed E-state index contributed by atoms with van der Waals surface area (Å²) in [6.45, 7) is 0. The lowest BCUT2D eigenvalue weighted by Crippen LogP contribution is -2.06. The molecule has 0 saturated heterocycles. The summed E-state index contributed by atoms with van der Waals surface area (Å²) in [4.78, 5) is 8.28. The van der Waals surface area contributed by atoms with Crippen molar-refractivity contribution in [2.75, 3.05) is 5.73 Å². The molecule has 2 aromatic rings. The van der Waals surface area contributed by atoms with Gasteiger partial charge in [-0.3, -0.25) is 0 Å².